The van der Waals surface area contributed by atoms with Gasteiger partial charge in [0.2, 0.25) is 0 Å². The fourth-order valence-corrected chi connectivity index (χ4v) is 1.81. The zero-order chi connectivity index (χ0) is 11.5. The minimum absolute atomic E-state index is 0.188. The third-order valence-corrected chi connectivity index (χ3v) is 2.28. The van der Waals surface area contributed by atoms with Crippen LogP contribution >= 0.6 is 0 Å². The highest BCUT2D eigenvalue weighted by molar-refractivity contribution is 7.80. The molecule has 1 rings (SSSR count). The highest BCUT2D eigenvalue weighted by Crippen LogP contribution is 2.13. The molecule has 0 fully saturated rings. The monoisotopic (exact) mass is 231 g/mol. The highest BCUT2D eigenvalue weighted by atomic mass is 32.3. The van der Waals surface area contributed by atoms with Crippen molar-refractivity contribution in [3.8, 4) is 0 Å². The lowest BCUT2D eigenvalue weighted by Crippen LogP contribution is -2.43. The molecule has 0 saturated carbocycles. The molecule has 0 unspecified atom stereocenters. The maximum atomic E-state index is 10.5. The zero-order valence-corrected chi connectivity index (χ0v) is 9.07. The summed E-state index contributed by atoms with van der Waals surface area (Å²) in [6, 6.07) is 9.02. The number of hydrogen-bond donors (Lipinski definition) is 2. The third-order valence-electron chi connectivity index (χ3n) is 1.69. The topological polar surface area (TPSA) is 89.6 Å². The molecule has 0 heterocycles. The maximum absolute atomic E-state index is 10.5. The van der Waals surface area contributed by atoms with E-state index in [2.05, 4.69) is 4.18 Å². The molecule has 1 atom stereocenters. The standard InChI is InChI=1S/C9H13NO4S/c1-9(10,14-15(11,12)13)7-8-5-3-2-4-6-8/h2-6H,7,10H2,1H3,(H,11,12,13)/t9-/m0/s1. The largest absolute Gasteiger partial charge is 0.399 e. The van der Waals surface area contributed by atoms with Crippen LogP contribution in [-0.2, 0) is 21.0 Å². The van der Waals surface area contributed by atoms with Crippen molar-refractivity contribution in [2.45, 2.75) is 19.1 Å². The van der Waals surface area contributed by atoms with Crippen molar-refractivity contribution >= 4 is 10.4 Å². The Balaban J connectivity index is 2.73. The Morgan fingerprint density at radius 3 is 2.40 bits per heavy atom. The van der Waals surface area contributed by atoms with Crippen molar-refractivity contribution in [1.82, 2.24) is 0 Å². The van der Waals surface area contributed by atoms with Crippen molar-refractivity contribution in [3.05, 3.63) is 35.9 Å². The highest BCUT2D eigenvalue weighted by Gasteiger charge is 2.26. The molecule has 15 heavy (non-hydrogen) atoms. The quantitative estimate of drug-likeness (QED) is 0.588. The Morgan fingerprint density at radius 2 is 1.93 bits per heavy atom. The molecule has 0 radical (unpaired) electrons. The molecule has 0 aliphatic carbocycles. The van der Waals surface area contributed by atoms with E-state index in [0.717, 1.165) is 5.56 Å². The summed E-state index contributed by atoms with van der Waals surface area (Å²) in [5, 5.41) is 0. The Labute approximate surface area is 88.8 Å². The van der Waals surface area contributed by atoms with Gasteiger partial charge in [0.25, 0.3) is 0 Å². The Morgan fingerprint density at radius 1 is 1.40 bits per heavy atom. The molecule has 0 spiro atoms. The van der Waals surface area contributed by atoms with Crippen LogP contribution < -0.4 is 5.73 Å². The number of nitrogens with two attached hydrogens (primary N) is 1. The normalized spacial score (nSPS) is 15.9. The van der Waals surface area contributed by atoms with Gasteiger partial charge in [0, 0.05) is 6.42 Å². The van der Waals surface area contributed by atoms with Gasteiger partial charge in [-0.3, -0.25) is 4.55 Å². The molecule has 1 aromatic rings. The van der Waals surface area contributed by atoms with Crippen LogP contribution in [0.3, 0.4) is 0 Å². The Hall–Kier alpha value is -0.950. The molecule has 3 N–H and O–H groups in total. The van der Waals surface area contributed by atoms with Crippen LogP contribution in [0, 0.1) is 0 Å². The molecule has 0 saturated heterocycles. The van der Waals surface area contributed by atoms with Gasteiger partial charge in [-0.05, 0) is 12.5 Å². The number of benzene rings is 1. The van der Waals surface area contributed by atoms with Crippen LogP contribution in [0.2, 0.25) is 0 Å². The van der Waals surface area contributed by atoms with Crippen LogP contribution in [0.15, 0.2) is 30.3 Å². The molecule has 0 bridgehead atoms. The van der Waals surface area contributed by atoms with Crippen molar-refractivity contribution in [1.29, 1.82) is 0 Å². The summed E-state index contributed by atoms with van der Waals surface area (Å²) >= 11 is 0. The van der Waals surface area contributed by atoms with E-state index in [1.54, 1.807) is 24.3 Å². The first-order valence-corrected chi connectivity index (χ1v) is 5.66. The summed E-state index contributed by atoms with van der Waals surface area (Å²) in [5.41, 5.74) is 4.95. The minimum Gasteiger partial charge on any atom is -0.302 e. The van der Waals surface area contributed by atoms with Crippen molar-refractivity contribution in [3.63, 3.8) is 0 Å². The van der Waals surface area contributed by atoms with E-state index in [9.17, 15) is 8.42 Å². The average molecular weight is 231 g/mol. The molecule has 6 heteroatoms. The Bertz CT molecular complexity index is 413. The van der Waals surface area contributed by atoms with Gasteiger partial charge >= 0.3 is 10.4 Å². The lowest BCUT2D eigenvalue weighted by molar-refractivity contribution is 0.0878. The van der Waals surface area contributed by atoms with E-state index < -0.39 is 16.1 Å². The van der Waals surface area contributed by atoms with E-state index >= 15 is 0 Å². The van der Waals surface area contributed by atoms with Crippen molar-refractivity contribution < 1.29 is 17.2 Å². The molecule has 0 aliphatic heterocycles. The fourth-order valence-electron chi connectivity index (χ4n) is 1.27. The van der Waals surface area contributed by atoms with Gasteiger partial charge in [-0.25, -0.2) is 4.18 Å². The zero-order valence-electron chi connectivity index (χ0n) is 8.25. The van der Waals surface area contributed by atoms with Gasteiger partial charge in [-0.1, -0.05) is 30.3 Å². The van der Waals surface area contributed by atoms with E-state index in [0.29, 0.717) is 0 Å². The van der Waals surface area contributed by atoms with Crippen LogP contribution in [0.1, 0.15) is 12.5 Å². The second-order valence-electron chi connectivity index (χ2n) is 3.49. The predicted octanol–water partition coefficient (Wildman–Crippen LogP) is 0.723. The molecular weight excluding hydrogens is 218 g/mol. The van der Waals surface area contributed by atoms with Crippen LogP contribution in [-0.4, -0.2) is 18.7 Å². The first-order chi connectivity index (χ1) is 6.79. The average Bonchev–Trinajstić information content (AvgIpc) is 1.99. The van der Waals surface area contributed by atoms with Gasteiger partial charge in [0.05, 0.1) is 0 Å². The summed E-state index contributed by atoms with van der Waals surface area (Å²) in [4.78, 5) is 0. The third kappa shape index (κ3) is 4.89. The fraction of sp³-hybridized carbons (Fsp3) is 0.333. The first kappa shape index (κ1) is 12.1. The predicted molar refractivity (Wildman–Crippen MR) is 55.4 cm³/mol. The Kier molecular flexibility index (Phi) is 3.46. The second-order valence-corrected chi connectivity index (χ2v) is 4.51. The number of hydrogen-bond acceptors (Lipinski definition) is 4. The lowest BCUT2D eigenvalue weighted by atomic mass is 10.1. The van der Waals surface area contributed by atoms with E-state index in [1.807, 2.05) is 6.07 Å². The van der Waals surface area contributed by atoms with E-state index in [1.165, 1.54) is 6.92 Å². The molecule has 5 nitrogen and oxygen atoms in total. The van der Waals surface area contributed by atoms with Gasteiger partial charge in [-0.2, -0.15) is 8.42 Å². The van der Waals surface area contributed by atoms with Crippen molar-refractivity contribution in [2.24, 2.45) is 5.73 Å². The van der Waals surface area contributed by atoms with Gasteiger partial charge in [-0.15, -0.1) is 0 Å². The summed E-state index contributed by atoms with van der Waals surface area (Å²) in [7, 11) is -4.53. The van der Waals surface area contributed by atoms with E-state index in [4.69, 9.17) is 10.3 Å². The first-order valence-electron chi connectivity index (χ1n) is 4.29. The molecular formula is C9H13NO4S. The molecule has 0 amide bonds. The molecule has 84 valence electrons. The van der Waals surface area contributed by atoms with Crippen LogP contribution in [0.5, 0.6) is 0 Å². The van der Waals surface area contributed by atoms with Gasteiger partial charge in [0.1, 0.15) is 5.72 Å². The van der Waals surface area contributed by atoms with E-state index in [-0.39, 0.29) is 6.42 Å². The van der Waals surface area contributed by atoms with Gasteiger partial charge in [0.15, 0.2) is 0 Å². The van der Waals surface area contributed by atoms with Crippen molar-refractivity contribution in [2.75, 3.05) is 0 Å². The summed E-state index contributed by atoms with van der Waals surface area (Å²) in [6.45, 7) is 1.38. The summed E-state index contributed by atoms with van der Waals surface area (Å²) in [5.74, 6) is 0. The SMILES string of the molecule is C[C@@](N)(Cc1ccccc1)OS(=O)(=O)O. The van der Waals surface area contributed by atoms with Crippen LogP contribution in [0.25, 0.3) is 0 Å². The van der Waals surface area contributed by atoms with Gasteiger partial charge < -0.3 is 5.73 Å². The second kappa shape index (κ2) is 4.28. The number of rotatable bonds is 4. The summed E-state index contributed by atoms with van der Waals surface area (Å²) < 4.78 is 33.8. The minimum atomic E-state index is -4.53. The maximum Gasteiger partial charge on any atom is 0.399 e. The molecule has 1 aromatic carbocycles. The van der Waals surface area contributed by atoms with Crippen LogP contribution in [0.4, 0.5) is 0 Å². The summed E-state index contributed by atoms with van der Waals surface area (Å²) in [6.07, 6.45) is 0.188. The molecule has 0 aromatic heterocycles. The molecule has 0 aliphatic rings. The lowest BCUT2D eigenvalue weighted by Gasteiger charge is -2.22. The smallest absolute Gasteiger partial charge is 0.302 e.